The van der Waals surface area contributed by atoms with Gasteiger partial charge in [-0.1, -0.05) is 17.8 Å². The van der Waals surface area contributed by atoms with Crippen molar-refractivity contribution in [1.29, 1.82) is 0 Å². The van der Waals surface area contributed by atoms with Gasteiger partial charge in [0.1, 0.15) is 36.2 Å². The van der Waals surface area contributed by atoms with Gasteiger partial charge in [-0.15, -0.1) is 0 Å². The predicted molar refractivity (Wildman–Crippen MR) is 95.1 cm³/mol. The number of amidine groups is 1. The van der Waals surface area contributed by atoms with Crippen LogP contribution in [0, 0.1) is 24.5 Å². The maximum Gasteiger partial charge on any atom is 0.223 e. The van der Waals surface area contributed by atoms with Crippen molar-refractivity contribution in [2.45, 2.75) is 30.2 Å². The quantitative estimate of drug-likeness (QED) is 0.856. The van der Waals surface area contributed by atoms with E-state index in [1.54, 1.807) is 6.92 Å². The second-order valence-corrected chi connectivity index (χ2v) is 8.04. The lowest BCUT2D eigenvalue weighted by Gasteiger charge is -2.48. The van der Waals surface area contributed by atoms with Gasteiger partial charge in [0.05, 0.1) is 12.3 Å². The van der Waals surface area contributed by atoms with Crippen LogP contribution in [0.1, 0.15) is 29.7 Å². The van der Waals surface area contributed by atoms with Crippen molar-refractivity contribution in [3.05, 3.63) is 53.2 Å². The summed E-state index contributed by atoms with van der Waals surface area (Å²) in [5.74, 6) is -1.48. The molecule has 1 aromatic carbocycles. The molecule has 2 N–H and O–H groups in total. The number of aromatic nitrogens is 1. The highest BCUT2D eigenvalue weighted by Gasteiger charge is 2.54. The minimum atomic E-state index is -1.22. The molecule has 4 atom stereocenters. The summed E-state index contributed by atoms with van der Waals surface area (Å²) in [6, 6.07) is 3.28. The molecule has 0 amide bonds. The third-order valence-corrected chi connectivity index (χ3v) is 6.17. The molecule has 0 saturated carbocycles. The fourth-order valence-electron chi connectivity index (χ4n) is 3.87. The van der Waals surface area contributed by atoms with Gasteiger partial charge < -0.3 is 14.9 Å². The summed E-state index contributed by atoms with van der Waals surface area (Å²) in [6.07, 6.45) is 1.35. The van der Waals surface area contributed by atoms with Crippen LogP contribution in [-0.4, -0.2) is 28.7 Å². The summed E-state index contributed by atoms with van der Waals surface area (Å²) < 4.78 is 53.3. The minimum Gasteiger partial charge on any atom is -0.446 e. The summed E-state index contributed by atoms with van der Waals surface area (Å²) >= 11 is 1.13. The first-order valence-corrected chi connectivity index (χ1v) is 9.38. The molecule has 2 aliphatic heterocycles. The molecule has 1 fully saturated rings. The number of thioether (sulfide) groups is 1. The number of oxazole rings is 1. The Morgan fingerprint density at radius 2 is 2.19 bits per heavy atom. The lowest BCUT2D eigenvalue weighted by atomic mass is 9.72. The van der Waals surface area contributed by atoms with E-state index in [1.165, 1.54) is 12.3 Å². The molecule has 0 bridgehead atoms. The van der Waals surface area contributed by atoms with Crippen LogP contribution in [-0.2, 0) is 10.3 Å². The van der Waals surface area contributed by atoms with Crippen molar-refractivity contribution >= 4 is 16.9 Å². The predicted octanol–water partition coefficient (Wildman–Crippen LogP) is 3.63. The number of alkyl halides is 1. The summed E-state index contributed by atoms with van der Waals surface area (Å²) in [5.41, 5.74) is 5.56. The number of nitrogens with two attached hydrogens (primary N) is 1. The number of fused-ring (bicyclic) bond motifs is 1. The lowest BCUT2D eigenvalue weighted by molar-refractivity contribution is -0.0769. The Morgan fingerprint density at radius 3 is 2.85 bits per heavy atom. The molecule has 9 heteroatoms. The van der Waals surface area contributed by atoms with E-state index >= 15 is 0 Å². The Labute approximate surface area is 158 Å². The Kier molecular flexibility index (Phi) is 4.67. The van der Waals surface area contributed by atoms with E-state index in [4.69, 9.17) is 14.9 Å². The van der Waals surface area contributed by atoms with Gasteiger partial charge in [0, 0.05) is 22.8 Å². The van der Waals surface area contributed by atoms with Crippen LogP contribution < -0.4 is 5.73 Å². The largest absolute Gasteiger partial charge is 0.446 e. The maximum absolute atomic E-state index is 14.6. The van der Waals surface area contributed by atoms with E-state index < -0.39 is 41.1 Å². The number of ether oxygens (including phenoxy) is 1. The fraction of sp³-hybridized carbons (Fsp3) is 0.444. The maximum atomic E-state index is 14.6. The number of hydrogen-bond donors (Lipinski definition) is 1. The van der Waals surface area contributed by atoms with Gasteiger partial charge in [0.15, 0.2) is 5.17 Å². The summed E-state index contributed by atoms with van der Waals surface area (Å²) in [4.78, 5) is 8.77. The second-order valence-electron chi connectivity index (χ2n) is 6.78. The summed E-state index contributed by atoms with van der Waals surface area (Å²) in [6.45, 7) is 1.09. The molecule has 0 spiro atoms. The second kappa shape index (κ2) is 6.87. The smallest absolute Gasteiger partial charge is 0.223 e. The van der Waals surface area contributed by atoms with Crippen LogP contribution in [0.25, 0.3) is 0 Å². The normalized spacial score (nSPS) is 30.7. The number of benzene rings is 1. The average Bonchev–Trinajstić information content (AvgIpc) is 3.06. The average molecular weight is 397 g/mol. The highest BCUT2D eigenvalue weighted by molar-refractivity contribution is 8.14. The molecule has 1 aromatic heterocycles. The van der Waals surface area contributed by atoms with Gasteiger partial charge >= 0.3 is 0 Å². The van der Waals surface area contributed by atoms with E-state index in [0.717, 1.165) is 23.9 Å². The third-order valence-electron chi connectivity index (χ3n) is 5.08. The van der Waals surface area contributed by atoms with Crippen molar-refractivity contribution < 1.29 is 22.3 Å². The van der Waals surface area contributed by atoms with Crippen LogP contribution in [0.3, 0.4) is 0 Å². The number of hydrogen-bond acceptors (Lipinski definition) is 6. The van der Waals surface area contributed by atoms with Gasteiger partial charge in [-0.25, -0.2) is 23.1 Å². The Morgan fingerprint density at radius 1 is 1.37 bits per heavy atom. The van der Waals surface area contributed by atoms with Crippen molar-refractivity contribution in [1.82, 2.24) is 4.98 Å². The molecule has 1 saturated heterocycles. The SMILES string of the molecule is Cc1coc([C@H]2C[C@@H]3[C@@H](CF)SC(N)=N[C@@]3(c3ccc(F)cc3F)CO2)n1. The zero-order valence-electron chi connectivity index (χ0n) is 14.5. The van der Waals surface area contributed by atoms with Crippen molar-refractivity contribution in [3.8, 4) is 0 Å². The number of halogens is 3. The van der Waals surface area contributed by atoms with Crippen LogP contribution in [0.4, 0.5) is 13.2 Å². The molecule has 5 nitrogen and oxygen atoms in total. The van der Waals surface area contributed by atoms with E-state index in [0.29, 0.717) is 18.0 Å². The molecule has 0 aliphatic carbocycles. The van der Waals surface area contributed by atoms with Crippen LogP contribution in [0.15, 0.2) is 33.9 Å². The summed E-state index contributed by atoms with van der Waals surface area (Å²) in [5, 5.41) is -0.374. The topological polar surface area (TPSA) is 73.6 Å². The molecule has 144 valence electrons. The molecule has 4 rings (SSSR count). The van der Waals surface area contributed by atoms with Gasteiger partial charge in [-0.3, -0.25) is 0 Å². The molecule has 0 radical (unpaired) electrons. The number of aliphatic imine (C=N–C) groups is 1. The number of rotatable bonds is 3. The molecular formula is C18H18F3N3O2S. The van der Waals surface area contributed by atoms with Crippen molar-refractivity contribution in [3.63, 3.8) is 0 Å². The zero-order valence-corrected chi connectivity index (χ0v) is 15.3. The Balaban J connectivity index is 1.78. The molecule has 2 aromatic rings. The highest BCUT2D eigenvalue weighted by atomic mass is 32.2. The first kappa shape index (κ1) is 18.4. The van der Waals surface area contributed by atoms with Crippen LogP contribution in [0.2, 0.25) is 0 Å². The summed E-state index contributed by atoms with van der Waals surface area (Å²) in [7, 11) is 0. The van der Waals surface area contributed by atoms with E-state index in [9.17, 15) is 13.2 Å². The van der Waals surface area contributed by atoms with Crippen molar-refractivity contribution in [2.75, 3.05) is 13.3 Å². The van der Waals surface area contributed by atoms with Gasteiger partial charge in [-0.05, 0) is 19.4 Å². The molecule has 3 heterocycles. The fourth-order valence-corrected chi connectivity index (χ4v) is 4.96. The van der Waals surface area contributed by atoms with Crippen LogP contribution in [0.5, 0.6) is 0 Å². The highest BCUT2D eigenvalue weighted by Crippen LogP contribution is 2.52. The molecular weight excluding hydrogens is 379 g/mol. The number of nitrogens with zero attached hydrogens (tertiary/aromatic N) is 2. The third kappa shape index (κ3) is 3.12. The molecule has 27 heavy (non-hydrogen) atoms. The molecule has 2 aliphatic rings. The van der Waals surface area contributed by atoms with E-state index in [-0.39, 0.29) is 17.3 Å². The first-order valence-electron chi connectivity index (χ1n) is 8.50. The number of aryl methyl sites for hydroxylation is 1. The van der Waals surface area contributed by atoms with Crippen LogP contribution >= 0.6 is 11.8 Å². The molecule has 0 unspecified atom stereocenters. The van der Waals surface area contributed by atoms with Gasteiger partial charge in [0.25, 0.3) is 0 Å². The Hall–Kier alpha value is -2.00. The van der Waals surface area contributed by atoms with E-state index in [2.05, 4.69) is 9.98 Å². The van der Waals surface area contributed by atoms with Gasteiger partial charge in [-0.2, -0.15) is 0 Å². The lowest BCUT2D eigenvalue weighted by Crippen LogP contribution is -2.52. The Bertz CT molecular complexity index is 890. The van der Waals surface area contributed by atoms with Gasteiger partial charge in [0.2, 0.25) is 5.89 Å². The monoisotopic (exact) mass is 397 g/mol. The minimum absolute atomic E-state index is 0.0376. The van der Waals surface area contributed by atoms with Crippen molar-refractivity contribution in [2.24, 2.45) is 16.6 Å². The first-order chi connectivity index (χ1) is 12.9. The standard InChI is InChI=1S/C18H18F3N3O2S/c1-9-7-25-16(23-9)14-5-12-15(6-19)27-17(22)24-18(12,8-26-14)11-3-2-10(20)4-13(11)21/h2-4,7,12,14-15H,5-6,8H2,1H3,(H2,22,24)/t12-,14-,15-,18-/m1/s1. The van der Waals surface area contributed by atoms with E-state index in [1.807, 2.05) is 0 Å². The zero-order chi connectivity index (χ0) is 19.2.